The number of hydrogen-bond donors (Lipinski definition) is 2. The summed E-state index contributed by atoms with van der Waals surface area (Å²) in [6, 6.07) is 8.17. The Bertz CT molecular complexity index is 631. The van der Waals surface area contributed by atoms with Gasteiger partial charge in [-0.05, 0) is 38.8 Å². The molecule has 0 bridgehead atoms. The second-order valence-corrected chi connectivity index (χ2v) is 7.17. The first-order valence-electron chi connectivity index (χ1n) is 7.61. The van der Waals surface area contributed by atoms with Crippen molar-refractivity contribution in [1.82, 2.24) is 10.3 Å². The van der Waals surface area contributed by atoms with Gasteiger partial charge in [0.25, 0.3) is 0 Å². The highest BCUT2D eigenvalue weighted by molar-refractivity contribution is 7.54. The molecule has 1 unspecified atom stereocenters. The maximum Gasteiger partial charge on any atom is 0.347 e. The van der Waals surface area contributed by atoms with Crippen molar-refractivity contribution >= 4 is 18.5 Å². The first-order chi connectivity index (χ1) is 10.6. The number of para-hydroxylation sites is 1. The molecule has 5 nitrogen and oxygen atoms in total. The van der Waals surface area contributed by atoms with Gasteiger partial charge in [0.1, 0.15) is 5.78 Å². The Balaban J connectivity index is 1.93. The van der Waals surface area contributed by atoms with Gasteiger partial charge in [-0.25, -0.2) is 0 Å². The molecule has 0 saturated heterocycles. The van der Waals surface area contributed by atoms with Gasteiger partial charge >= 0.3 is 7.60 Å². The minimum absolute atomic E-state index is 0.341. The number of fused-ring (bicyclic) bond motifs is 1. The second-order valence-electron chi connectivity index (χ2n) is 4.95. The van der Waals surface area contributed by atoms with Crippen molar-refractivity contribution in [1.29, 1.82) is 0 Å². The van der Waals surface area contributed by atoms with Crippen LogP contribution in [0.3, 0.4) is 0 Å². The minimum Gasteiger partial charge on any atom is -0.361 e. The summed E-state index contributed by atoms with van der Waals surface area (Å²) in [6.45, 7) is 8.82. The molecule has 2 rings (SSSR count). The summed E-state index contributed by atoms with van der Waals surface area (Å²) in [5.74, 6) is -0.572. The van der Waals surface area contributed by atoms with Crippen LogP contribution >= 0.6 is 7.60 Å². The lowest BCUT2D eigenvalue weighted by Crippen LogP contribution is -2.30. The molecule has 121 valence electrons. The number of hydrogen-bond acceptors (Lipinski definition) is 4. The van der Waals surface area contributed by atoms with Gasteiger partial charge in [0.2, 0.25) is 0 Å². The van der Waals surface area contributed by atoms with Crippen LogP contribution in [0.25, 0.3) is 10.9 Å². The molecule has 0 saturated carbocycles. The Morgan fingerprint density at radius 2 is 1.95 bits per heavy atom. The van der Waals surface area contributed by atoms with Gasteiger partial charge < -0.3 is 19.3 Å². The van der Waals surface area contributed by atoms with Gasteiger partial charge in [0, 0.05) is 23.6 Å². The number of aromatic nitrogens is 1. The van der Waals surface area contributed by atoms with E-state index in [-0.39, 0.29) is 0 Å². The van der Waals surface area contributed by atoms with E-state index in [0.717, 1.165) is 11.9 Å². The Labute approximate surface area is 131 Å². The highest BCUT2D eigenvalue weighted by Crippen LogP contribution is 2.51. The summed E-state index contributed by atoms with van der Waals surface area (Å²) >= 11 is 0. The molecule has 1 radical (unpaired) electrons. The van der Waals surface area contributed by atoms with Gasteiger partial charge in [-0.3, -0.25) is 4.57 Å². The van der Waals surface area contributed by atoms with Crippen molar-refractivity contribution < 1.29 is 13.6 Å². The molecule has 0 amide bonds. The number of H-pyrrole nitrogens is 1. The summed E-state index contributed by atoms with van der Waals surface area (Å²) in [6.07, 6.45) is 2.82. The molecule has 0 aliphatic heterocycles. The predicted octanol–water partition coefficient (Wildman–Crippen LogP) is 3.73. The molecule has 2 N–H and O–H groups in total. The fraction of sp³-hybridized carbons (Fsp3) is 0.438. The third-order valence-electron chi connectivity index (χ3n) is 3.45. The summed E-state index contributed by atoms with van der Waals surface area (Å²) in [5, 5.41) is 4.37. The number of rotatable bonds is 9. The number of nitrogens with one attached hydrogen (secondary N) is 2. The molecule has 0 fully saturated rings. The molecule has 22 heavy (non-hydrogen) atoms. The summed E-state index contributed by atoms with van der Waals surface area (Å²) in [5.41, 5.74) is 2.34. The maximum atomic E-state index is 12.5. The van der Waals surface area contributed by atoms with Crippen LogP contribution in [0.2, 0.25) is 0 Å². The van der Waals surface area contributed by atoms with Crippen LogP contribution in [0.4, 0.5) is 0 Å². The lowest BCUT2D eigenvalue weighted by molar-refractivity contribution is 0.212. The highest BCUT2D eigenvalue weighted by Gasteiger charge is 2.31. The van der Waals surface area contributed by atoms with Gasteiger partial charge in [0.05, 0.1) is 13.2 Å². The van der Waals surface area contributed by atoms with E-state index < -0.39 is 13.4 Å². The number of benzene rings is 1. The summed E-state index contributed by atoms with van der Waals surface area (Å²) < 4.78 is 23.1. The van der Waals surface area contributed by atoms with Crippen molar-refractivity contribution in [2.75, 3.05) is 19.8 Å². The smallest absolute Gasteiger partial charge is 0.347 e. The van der Waals surface area contributed by atoms with Crippen molar-refractivity contribution in [3.8, 4) is 0 Å². The van der Waals surface area contributed by atoms with E-state index in [1.807, 2.05) is 18.3 Å². The van der Waals surface area contributed by atoms with Crippen LogP contribution in [-0.2, 0) is 20.0 Å². The lowest BCUT2D eigenvalue weighted by Gasteiger charge is -2.24. The molecule has 1 heterocycles. The molecule has 1 atom stereocenters. The monoisotopic (exact) mass is 323 g/mol. The van der Waals surface area contributed by atoms with E-state index in [1.165, 1.54) is 10.9 Å². The fourth-order valence-electron chi connectivity index (χ4n) is 2.40. The zero-order chi connectivity index (χ0) is 16.0. The zero-order valence-corrected chi connectivity index (χ0v) is 14.1. The van der Waals surface area contributed by atoms with Crippen LogP contribution in [0.1, 0.15) is 19.4 Å². The molecule has 1 aromatic carbocycles. The quantitative estimate of drug-likeness (QED) is 0.690. The van der Waals surface area contributed by atoms with Crippen LogP contribution in [0, 0.1) is 6.92 Å². The Morgan fingerprint density at radius 1 is 1.27 bits per heavy atom. The molecular weight excluding hydrogens is 299 g/mol. The standard InChI is InChI=1S/C16H24N2O3P/c1-4-20-22(19,21-5-2)13(3)17-11-10-14-12-18-16-9-7-6-8-15(14)16/h6-9,12-13,17-18H,3-5,10-11H2,1-2H3. The first kappa shape index (κ1) is 17.2. The maximum absolute atomic E-state index is 12.5. The van der Waals surface area contributed by atoms with E-state index >= 15 is 0 Å². The molecular formula is C16H24N2O3P. The predicted molar refractivity (Wildman–Crippen MR) is 90.0 cm³/mol. The van der Waals surface area contributed by atoms with E-state index in [1.54, 1.807) is 13.8 Å². The molecule has 1 aromatic heterocycles. The number of aromatic amines is 1. The third kappa shape index (κ3) is 3.99. The largest absolute Gasteiger partial charge is 0.361 e. The Hall–Kier alpha value is -1.13. The van der Waals surface area contributed by atoms with Crippen molar-refractivity contribution in [3.05, 3.63) is 42.9 Å². The van der Waals surface area contributed by atoms with Crippen molar-refractivity contribution in [3.63, 3.8) is 0 Å². The van der Waals surface area contributed by atoms with Crippen LogP contribution in [0.15, 0.2) is 30.5 Å². The van der Waals surface area contributed by atoms with E-state index in [4.69, 9.17) is 9.05 Å². The van der Waals surface area contributed by atoms with Gasteiger partial charge in [-0.2, -0.15) is 0 Å². The second kappa shape index (κ2) is 7.93. The average molecular weight is 323 g/mol. The van der Waals surface area contributed by atoms with Crippen LogP contribution in [0.5, 0.6) is 0 Å². The van der Waals surface area contributed by atoms with Crippen LogP contribution < -0.4 is 5.32 Å². The van der Waals surface area contributed by atoms with Crippen molar-refractivity contribution in [2.45, 2.75) is 26.1 Å². The van der Waals surface area contributed by atoms with Crippen molar-refractivity contribution in [2.24, 2.45) is 0 Å². The topological polar surface area (TPSA) is 63.4 Å². The third-order valence-corrected chi connectivity index (χ3v) is 5.63. The van der Waals surface area contributed by atoms with E-state index in [0.29, 0.717) is 19.8 Å². The zero-order valence-electron chi connectivity index (χ0n) is 13.2. The van der Waals surface area contributed by atoms with Gasteiger partial charge in [-0.15, -0.1) is 0 Å². The lowest BCUT2D eigenvalue weighted by atomic mass is 10.1. The normalized spacial score (nSPS) is 13.6. The van der Waals surface area contributed by atoms with Gasteiger partial charge in [-0.1, -0.05) is 18.2 Å². The van der Waals surface area contributed by atoms with Crippen LogP contribution in [-0.4, -0.2) is 30.5 Å². The molecule has 0 aliphatic carbocycles. The van der Waals surface area contributed by atoms with E-state index in [2.05, 4.69) is 29.4 Å². The Morgan fingerprint density at radius 3 is 2.64 bits per heavy atom. The molecule has 0 spiro atoms. The fourth-order valence-corrected chi connectivity index (χ4v) is 3.91. The molecule has 0 aliphatic rings. The summed E-state index contributed by atoms with van der Waals surface area (Å²) in [4.78, 5) is 3.25. The SMILES string of the molecule is [CH2]C(NCCc1c[nH]c2ccccc12)P(=O)(OCC)OCC. The summed E-state index contributed by atoms with van der Waals surface area (Å²) in [7, 11) is -3.20. The molecule has 2 aromatic rings. The van der Waals surface area contributed by atoms with E-state index in [9.17, 15) is 4.57 Å². The average Bonchev–Trinajstić information content (AvgIpc) is 2.91. The Kier molecular flexibility index (Phi) is 6.21. The molecule has 6 heteroatoms. The van der Waals surface area contributed by atoms with Gasteiger partial charge in [0.15, 0.2) is 0 Å². The highest BCUT2D eigenvalue weighted by atomic mass is 31.2. The minimum atomic E-state index is -3.20. The first-order valence-corrected chi connectivity index (χ1v) is 9.22.